The van der Waals surface area contributed by atoms with Crippen molar-refractivity contribution in [1.29, 1.82) is 0 Å². The molecule has 1 atom stereocenters. The summed E-state index contributed by atoms with van der Waals surface area (Å²) in [5.41, 5.74) is 1.76. The van der Waals surface area contributed by atoms with Gasteiger partial charge in [0, 0.05) is 6.54 Å². The fourth-order valence-corrected chi connectivity index (χ4v) is 2.22. The minimum Gasteiger partial charge on any atom is -0.503 e. The van der Waals surface area contributed by atoms with Gasteiger partial charge in [0.1, 0.15) is 0 Å². The second-order valence-corrected chi connectivity index (χ2v) is 5.19. The highest BCUT2D eigenvalue weighted by Gasteiger charge is 2.09. The summed E-state index contributed by atoms with van der Waals surface area (Å²) in [6.45, 7) is 3.27. The number of nitrogens with one attached hydrogen (secondary N) is 1. The molecule has 0 saturated heterocycles. The summed E-state index contributed by atoms with van der Waals surface area (Å²) in [6.07, 6.45) is 0.938. The predicted octanol–water partition coefficient (Wildman–Crippen LogP) is 3.95. The summed E-state index contributed by atoms with van der Waals surface area (Å²) >= 11 is 0. The maximum Gasteiger partial charge on any atom is 0.187 e. The van der Waals surface area contributed by atoms with Crippen LogP contribution in [0.2, 0.25) is 0 Å². The third kappa shape index (κ3) is 4.26. The largest absolute Gasteiger partial charge is 0.503 e. The third-order valence-electron chi connectivity index (χ3n) is 3.53. The highest BCUT2D eigenvalue weighted by molar-refractivity contribution is 5.30. The number of phenolic OH excluding ortho intramolecular Hbond substituents is 1. The first-order chi connectivity index (χ1) is 10.1. The minimum atomic E-state index is -0.926. The molecule has 0 heterocycles. The fourth-order valence-electron chi connectivity index (χ4n) is 2.22. The normalized spacial score (nSPS) is 12.3. The smallest absolute Gasteiger partial charge is 0.187 e. The monoisotopic (exact) mass is 291 g/mol. The van der Waals surface area contributed by atoms with Crippen molar-refractivity contribution < 1.29 is 13.9 Å². The van der Waals surface area contributed by atoms with E-state index in [0.717, 1.165) is 25.1 Å². The second kappa shape index (κ2) is 7.18. The van der Waals surface area contributed by atoms with Crippen LogP contribution in [0, 0.1) is 11.6 Å². The highest BCUT2D eigenvalue weighted by Crippen LogP contribution is 2.21. The molecular weight excluding hydrogens is 272 g/mol. The molecule has 0 aliphatic heterocycles. The van der Waals surface area contributed by atoms with Crippen molar-refractivity contribution in [3.05, 3.63) is 65.2 Å². The van der Waals surface area contributed by atoms with Crippen molar-refractivity contribution in [3.63, 3.8) is 0 Å². The standard InChI is InChI=1S/C17H19F2NO/c1-12(14-5-3-2-4-6-14)7-8-20-11-13-9-15(18)17(21)16(19)10-13/h2-6,9-10,12,20-21H,7-8,11H2,1H3. The van der Waals surface area contributed by atoms with E-state index in [-0.39, 0.29) is 0 Å². The minimum absolute atomic E-state index is 0.371. The van der Waals surface area contributed by atoms with Gasteiger partial charge in [-0.1, -0.05) is 37.3 Å². The summed E-state index contributed by atoms with van der Waals surface area (Å²) in [7, 11) is 0. The zero-order valence-electron chi connectivity index (χ0n) is 11.9. The van der Waals surface area contributed by atoms with E-state index in [1.807, 2.05) is 18.2 Å². The van der Waals surface area contributed by atoms with Gasteiger partial charge in [0.2, 0.25) is 0 Å². The maximum absolute atomic E-state index is 13.2. The van der Waals surface area contributed by atoms with Crippen molar-refractivity contribution in [1.82, 2.24) is 5.32 Å². The molecule has 2 aromatic rings. The van der Waals surface area contributed by atoms with Crippen LogP contribution in [0.4, 0.5) is 8.78 Å². The highest BCUT2D eigenvalue weighted by atomic mass is 19.1. The molecule has 0 radical (unpaired) electrons. The molecular formula is C17H19F2NO. The maximum atomic E-state index is 13.2. The van der Waals surface area contributed by atoms with Crippen molar-refractivity contribution in [3.8, 4) is 5.75 Å². The predicted molar refractivity (Wildman–Crippen MR) is 79.2 cm³/mol. The fraction of sp³-hybridized carbons (Fsp3) is 0.294. The first-order valence-electron chi connectivity index (χ1n) is 7.00. The van der Waals surface area contributed by atoms with Gasteiger partial charge in [0.05, 0.1) is 0 Å². The Bertz CT molecular complexity index is 564. The average Bonchev–Trinajstić information content (AvgIpc) is 2.49. The molecule has 21 heavy (non-hydrogen) atoms. The lowest BCUT2D eigenvalue weighted by molar-refractivity contribution is 0.395. The summed E-state index contributed by atoms with van der Waals surface area (Å²) in [5.74, 6) is -2.35. The Morgan fingerprint density at radius 2 is 1.71 bits per heavy atom. The Morgan fingerprint density at radius 1 is 1.10 bits per heavy atom. The SMILES string of the molecule is CC(CCNCc1cc(F)c(O)c(F)c1)c1ccccc1. The molecule has 0 aliphatic rings. The van der Waals surface area contributed by atoms with Crippen LogP contribution in [-0.4, -0.2) is 11.7 Å². The number of halogens is 2. The van der Waals surface area contributed by atoms with Gasteiger partial charge in [0.15, 0.2) is 17.4 Å². The molecule has 0 amide bonds. The van der Waals surface area contributed by atoms with E-state index in [2.05, 4.69) is 24.4 Å². The number of rotatable bonds is 6. The van der Waals surface area contributed by atoms with Crippen LogP contribution in [0.5, 0.6) is 5.75 Å². The number of hydrogen-bond donors (Lipinski definition) is 2. The van der Waals surface area contributed by atoms with Crippen LogP contribution in [0.25, 0.3) is 0 Å². The third-order valence-corrected chi connectivity index (χ3v) is 3.53. The topological polar surface area (TPSA) is 32.3 Å². The number of phenols is 1. The summed E-state index contributed by atoms with van der Waals surface area (Å²) in [5, 5.41) is 12.2. The molecule has 2 rings (SSSR count). The van der Waals surface area contributed by atoms with Crippen LogP contribution in [0.1, 0.15) is 30.4 Å². The van der Waals surface area contributed by atoms with Gasteiger partial charge in [-0.2, -0.15) is 0 Å². The Hall–Kier alpha value is -1.94. The second-order valence-electron chi connectivity index (χ2n) is 5.19. The molecule has 2 nitrogen and oxygen atoms in total. The van der Waals surface area contributed by atoms with Crippen LogP contribution in [0.3, 0.4) is 0 Å². The quantitative estimate of drug-likeness (QED) is 0.790. The van der Waals surface area contributed by atoms with E-state index in [4.69, 9.17) is 5.11 Å². The molecule has 0 spiro atoms. The lowest BCUT2D eigenvalue weighted by Crippen LogP contribution is -2.16. The van der Waals surface area contributed by atoms with Gasteiger partial charge in [-0.3, -0.25) is 0 Å². The lowest BCUT2D eigenvalue weighted by atomic mass is 9.98. The van der Waals surface area contributed by atoms with E-state index >= 15 is 0 Å². The molecule has 2 aromatic carbocycles. The number of benzene rings is 2. The van der Waals surface area contributed by atoms with Crippen molar-refractivity contribution in [2.45, 2.75) is 25.8 Å². The Balaban J connectivity index is 1.80. The summed E-state index contributed by atoms with van der Waals surface area (Å²) in [6, 6.07) is 12.5. The van der Waals surface area contributed by atoms with Crippen LogP contribution < -0.4 is 5.32 Å². The van der Waals surface area contributed by atoms with Crippen LogP contribution in [-0.2, 0) is 6.54 Å². The van der Waals surface area contributed by atoms with Crippen molar-refractivity contribution in [2.24, 2.45) is 0 Å². The zero-order chi connectivity index (χ0) is 15.2. The first kappa shape index (κ1) is 15.4. The lowest BCUT2D eigenvalue weighted by Gasteiger charge is -2.12. The first-order valence-corrected chi connectivity index (χ1v) is 7.00. The van der Waals surface area contributed by atoms with Gasteiger partial charge in [-0.25, -0.2) is 8.78 Å². The molecule has 0 bridgehead atoms. The van der Waals surface area contributed by atoms with E-state index in [1.54, 1.807) is 0 Å². The van der Waals surface area contributed by atoms with Gasteiger partial charge in [0.25, 0.3) is 0 Å². The zero-order valence-corrected chi connectivity index (χ0v) is 11.9. The molecule has 112 valence electrons. The molecule has 0 aromatic heterocycles. The number of aromatic hydroxyl groups is 1. The van der Waals surface area contributed by atoms with E-state index in [9.17, 15) is 8.78 Å². The molecule has 2 N–H and O–H groups in total. The van der Waals surface area contributed by atoms with Gasteiger partial charge in [-0.05, 0) is 42.1 Å². The summed E-state index contributed by atoms with van der Waals surface area (Å²) < 4.78 is 26.4. The van der Waals surface area contributed by atoms with E-state index in [0.29, 0.717) is 18.0 Å². The molecule has 4 heteroatoms. The molecule has 0 aliphatic carbocycles. The van der Waals surface area contributed by atoms with Crippen molar-refractivity contribution in [2.75, 3.05) is 6.54 Å². The summed E-state index contributed by atoms with van der Waals surface area (Å²) in [4.78, 5) is 0. The molecule has 1 unspecified atom stereocenters. The average molecular weight is 291 g/mol. The van der Waals surface area contributed by atoms with Gasteiger partial charge >= 0.3 is 0 Å². The Morgan fingerprint density at radius 3 is 2.33 bits per heavy atom. The van der Waals surface area contributed by atoms with Crippen molar-refractivity contribution >= 4 is 0 Å². The Labute approximate surface area is 123 Å². The van der Waals surface area contributed by atoms with Gasteiger partial charge in [-0.15, -0.1) is 0 Å². The van der Waals surface area contributed by atoms with Crippen LogP contribution >= 0.6 is 0 Å². The van der Waals surface area contributed by atoms with E-state index in [1.165, 1.54) is 5.56 Å². The van der Waals surface area contributed by atoms with Crippen LogP contribution in [0.15, 0.2) is 42.5 Å². The van der Waals surface area contributed by atoms with E-state index < -0.39 is 17.4 Å². The number of hydrogen-bond acceptors (Lipinski definition) is 2. The molecule has 0 saturated carbocycles. The Kier molecular flexibility index (Phi) is 5.28. The molecule has 0 fully saturated rings. The van der Waals surface area contributed by atoms with Gasteiger partial charge < -0.3 is 10.4 Å².